The Hall–Kier alpha value is -4.14. The molecule has 22 heteroatoms. The molecule has 2 aromatic heterocycles. The number of hydrogen-bond donors (Lipinski definition) is 3. The van der Waals surface area contributed by atoms with E-state index in [1.165, 1.54) is 17.0 Å². The number of aromatic nitrogens is 4. The van der Waals surface area contributed by atoms with Crippen LogP contribution in [-0.2, 0) is 23.0 Å². The van der Waals surface area contributed by atoms with E-state index >= 15 is 0 Å². The Kier molecular flexibility index (Phi) is 23.8. The van der Waals surface area contributed by atoms with Crippen molar-refractivity contribution in [2.24, 2.45) is 0 Å². The molecule has 4 heterocycles. The van der Waals surface area contributed by atoms with Crippen molar-refractivity contribution in [1.29, 1.82) is 10.5 Å². The van der Waals surface area contributed by atoms with Gasteiger partial charge in [0.1, 0.15) is 20.8 Å². The molecular weight excluding hydrogens is 854 g/mol. The summed E-state index contributed by atoms with van der Waals surface area (Å²) in [4.78, 5) is 57.3. The molecule has 2 fully saturated rings. The molecule has 63 heavy (non-hydrogen) atoms. The number of nitriles is 2. The first-order chi connectivity index (χ1) is 29.8. The van der Waals surface area contributed by atoms with Gasteiger partial charge in [-0.05, 0) is 74.9 Å². The van der Waals surface area contributed by atoms with Gasteiger partial charge in [-0.3, -0.25) is 33.4 Å². The SMILES string of the molecule is CC(C)N(C(C)C)P(C)OCCC#N.[C-]#[N+]c1cn([C@@H]2C[C@@H](O)[C@H](CC)O2)c(=O)[nH]c1=O.[C-]#[N+]c1cn([C@@H]2C[C@@H](OP(OCCC#N)N(C(C)C)C(C)C)[C@H](CC)O2)c(=O)[nH]c1=O. The van der Waals surface area contributed by atoms with E-state index in [1.807, 2.05) is 13.8 Å². The van der Waals surface area contributed by atoms with Crippen LogP contribution in [0.1, 0.15) is 120 Å². The van der Waals surface area contributed by atoms with Crippen molar-refractivity contribution >= 4 is 28.2 Å². The van der Waals surface area contributed by atoms with Gasteiger partial charge >= 0.3 is 11.4 Å². The maximum absolute atomic E-state index is 12.3. The van der Waals surface area contributed by atoms with Crippen molar-refractivity contribution in [2.75, 3.05) is 19.9 Å². The number of hydrogen-bond acceptors (Lipinski definition) is 14. The lowest BCUT2D eigenvalue weighted by atomic mass is 10.1. The first-order valence-corrected chi connectivity index (χ1v) is 23.8. The molecule has 2 aromatic rings. The molecule has 3 N–H and O–H groups in total. The van der Waals surface area contributed by atoms with Crippen molar-refractivity contribution in [3.63, 3.8) is 0 Å². The Balaban J connectivity index is 0.000000360. The van der Waals surface area contributed by atoms with E-state index in [4.69, 9.17) is 46.7 Å². The van der Waals surface area contributed by atoms with Gasteiger partial charge in [-0.15, -0.1) is 0 Å². The number of aliphatic hydroxyl groups excluding tert-OH is 1. The Labute approximate surface area is 372 Å². The zero-order chi connectivity index (χ0) is 47.6. The zero-order valence-electron chi connectivity index (χ0n) is 38.2. The maximum atomic E-state index is 12.3. The first-order valence-electron chi connectivity index (χ1n) is 21.0. The fourth-order valence-electron chi connectivity index (χ4n) is 7.08. The highest BCUT2D eigenvalue weighted by Gasteiger charge is 2.41. The van der Waals surface area contributed by atoms with Crippen molar-refractivity contribution in [3.8, 4) is 12.1 Å². The van der Waals surface area contributed by atoms with Crippen LogP contribution in [0.15, 0.2) is 31.6 Å². The van der Waals surface area contributed by atoms with Crippen molar-refractivity contribution in [2.45, 2.75) is 169 Å². The topological polar surface area (TPSA) is 239 Å². The van der Waals surface area contributed by atoms with Crippen molar-refractivity contribution in [1.82, 2.24) is 28.4 Å². The monoisotopic (exact) mass is 918 g/mol. The molecule has 0 amide bonds. The molecule has 0 spiro atoms. The van der Waals surface area contributed by atoms with Gasteiger partial charge in [0.2, 0.25) is 0 Å². The van der Waals surface area contributed by atoms with Gasteiger partial charge in [-0.2, -0.15) is 10.5 Å². The minimum absolute atomic E-state index is 0.162. The smallest absolute Gasteiger partial charge is 0.328 e. The lowest BCUT2D eigenvalue weighted by molar-refractivity contribution is -0.0216. The average Bonchev–Trinajstić information content (AvgIpc) is 3.80. The predicted molar refractivity (Wildman–Crippen MR) is 240 cm³/mol. The van der Waals surface area contributed by atoms with Crippen molar-refractivity contribution in [3.05, 3.63) is 76.9 Å². The standard InChI is InChI=1S/C20H30N5O5P.C11H13N3O4.C10H21N2OP/c1-7-16-17(30-31(28-10-8-9-21)25(13(2)3)14(4)5)11-18(29-16)24-12-15(22-6)19(26)23-20(24)27;1-3-8-7(15)4-9(18-8)14-5-6(12-2)10(16)13-11(14)17;1-9(2)12(10(3)4)14(5)13-8-6-7-11/h12-14,16-18H,7-8,10-11H2,1-5H3,(H,23,26,27);5,7-9,15H,3-4H2,1H3,(H,13,16,17);9-10H,6,8H2,1-5H3/t16-,17+,18-,31?;7-,8+,9+;/m01./s1. The molecule has 8 atom stereocenters. The molecule has 0 bridgehead atoms. The summed E-state index contributed by atoms with van der Waals surface area (Å²) >= 11 is 0. The number of aliphatic hydroxyl groups is 1. The van der Waals surface area contributed by atoms with E-state index in [1.54, 1.807) is 0 Å². The number of H-pyrrole nitrogens is 2. The maximum Gasteiger partial charge on any atom is 0.328 e. The number of aromatic amines is 2. The summed E-state index contributed by atoms with van der Waals surface area (Å²) in [6.07, 6.45) is 2.15. The van der Waals surface area contributed by atoms with Crippen LogP contribution in [0, 0.1) is 35.8 Å². The molecule has 0 aromatic carbocycles. The third kappa shape index (κ3) is 16.1. The highest BCUT2D eigenvalue weighted by molar-refractivity contribution is 7.49. The van der Waals surface area contributed by atoms with Gasteiger partial charge in [0.15, 0.2) is 0 Å². The zero-order valence-corrected chi connectivity index (χ0v) is 40.0. The molecule has 348 valence electrons. The van der Waals surface area contributed by atoms with Gasteiger partial charge in [-0.25, -0.2) is 23.9 Å². The molecule has 0 radical (unpaired) electrons. The van der Waals surface area contributed by atoms with Gasteiger partial charge in [0.05, 0.1) is 75.8 Å². The molecule has 2 aliphatic heterocycles. The van der Waals surface area contributed by atoms with Crippen LogP contribution >= 0.6 is 16.8 Å². The summed E-state index contributed by atoms with van der Waals surface area (Å²) in [7, 11) is -2.01. The summed E-state index contributed by atoms with van der Waals surface area (Å²) in [5, 5.41) is 27.0. The van der Waals surface area contributed by atoms with Crippen LogP contribution in [0.3, 0.4) is 0 Å². The molecule has 20 nitrogen and oxygen atoms in total. The van der Waals surface area contributed by atoms with Crippen LogP contribution in [-0.4, -0.2) is 102 Å². The quantitative estimate of drug-likeness (QED) is 0.0815. The number of nitrogens with one attached hydrogen (secondary N) is 2. The van der Waals surface area contributed by atoms with E-state index in [0.29, 0.717) is 44.4 Å². The van der Waals surface area contributed by atoms with Crippen LogP contribution in [0.4, 0.5) is 11.4 Å². The number of nitrogens with zero attached hydrogens (tertiary/aromatic N) is 8. The first kappa shape index (κ1) is 55.0. The average molecular weight is 919 g/mol. The molecule has 0 aliphatic carbocycles. The van der Waals surface area contributed by atoms with E-state index in [-0.39, 0.29) is 61.2 Å². The second kappa shape index (κ2) is 27.2. The second-order valence-corrected chi connectivity index (χ2v) is 18.7. The molecule has 2 aliphatic rings. The largest absolute Gasteiger partial charge is 0.390 e. The highest BCUT2D eigenvalue weighted by atomic mass is 31.2. The summed E-state index contributed by atoms with van der Waals surface area (Å²) in [6, 6.07) is 5.48. The summed E-state index contributed by atoms with van der Waals surface area (Å²) in [5.41, 5.74) is -3.04. The van der Waals surface area contributed by atoms with Crippen LogP contribution < -0.4 is 22.5 Å². The van der Waals surface area contributed by atoms with Crippen LogP contribution in [0.2, 0.25) is 0 Å². The Morgan fingerprint density at radius 2 is 1.21 bits per heavy atom. The van der Waals surface area contributed by atoms with Crippen LogP contribution in [0.25, 0.3) is 9.69 Å². The van der Waals surface area contributed by atoms with Gasteiger partial charge in [0, 0.05) is 49.4 Å². The lowest BCUT2D eigenvalue weighted by Gasteiger charge is -2.37. The molecule has 2 unspecified atom stereocenters. The Morgan fingerprint density at radius 3 is 1.60 bits per heavy atom. The van der Waals surface area contributed by atoms with E-state index in [9.17, 15) is 24.3 Å². The summed E-state index contributed by atoms with van der Waals surface area (Å²) in [6.45, 7) is 37.6. The van der Waals surface area contributed by atoms with E-state index in [0.717, 1.165) is 4.57 Å². The fourth-order valence-corrected chi connectivity index (χ4v) is 10.6. The van der Waals surface area contributed by atoms with Crippen molar-refractivity contribution < 1.29 is 28.2 Å². The molecule has 0 saturated carbocycles. The third-order valence-electron chi connectivity index (χ3n) is 9.71. The number of ether oxygens (including phenoxy) is 2. The minimum Gasteiger partial charge on any atom is -0.390 e. The van der Waals surface area contributed by atoms with Gasteiger partial charge < -0.3 is 28.2 Å². The summed E-state index contributed by atoms with van der Waals surface area (Å²) in [5.74, 6) is 0. The predicted octanol–water partition coefficient (Wildman–Crippen LogP) is 6.57. The highest BCUT2D eigenvalue weighted by Crippen LogP contribution is 2.50. The Bertz CT molecular complexity index is 2130. The van der Waals surface area contributed by atoms with Crippen LogP contribution in [0.5, 0.6) is 0 Å². The Morgan fingerprint density at radius 1 is 0.778 bits per heavy atom. The van der Waals surface area contributed by atoms with E-state index < -0.39 is 57.9 Å². The minimum atomic E-state index is -1.46. The molecule has 4 rings (SSSR count). The lowest BCUT2D eigenvalue weighted by Crippen LogP contribution is -2.35. The normalized spacial score (nSPS) is 21.6. The van der Waals surface area contributed by atoms with Gasteiger partial charge in [0.25, 0.3) is 31.0 Å². The molecule has 2 saturated heterocycles. The third-order valence-corrected chi connectivity index (χ3v) is 14.0. The molecular formula is C41H64N10O10P2. The fraction of sp³-hybridized carbons (Fsp3) is 0.707. The second-order valence-electron chi connectivity index (χ2n) is 15.7. The number of rotatable bonds is 18. The van der Waals surface area contributed by atoms with E-state index in [2.05, 4.69) is 103 Å². The summed E-state index contributed by atoms with van der Waals surface area (Å²) < 4.78 is 36.5. The van der Waals surface area contributed by atoms with Gasteiger partial charge in [-0.1, -0.05) is 13.8 Å².